The van der Waals surface area contributed by atoms with Gasteiger partial charge in [-0.05, 0) is 96.4 Å². The maximum Gasteiger partial charge on any atom is 0.171 e. The van der Waals surface area contributed by atoms with E-state index in [4.69, 9.17) is 19.9 Å². The Morgan fingerprint density at radius 3 is 0.741 bits per heavy atom. The Hall–Kier alpha value is -13.3. The molecule has 0 radical (unpaired) electrons. The molecular weight excluding hydrogens is 1350 g/mol. The predicted octanol–water partition coefficient (Wildman–Crippen LogP) is 23.2. The van der Waals surface area contributed by atoms with Crippen LogP contribution in [0.2, 0.25) is 0 Å². The van der Waals surface area contributed by atoms with E-state index in [1.165, 1.54) is 10.8 Å². The fourth-order valence-electron chi connectivity index (χ4n) is 14.3. The Balaban J connectivity index is 0.000000158. The summed E-state index contributed by atoms with van der Waals surface area (Å²) in [7, 11) is -6.06. The average Bonchev–Trinajstić information content (AvgIpc) is 0.764. The summed E-state index contributed by atoms with van der Waals surface area (Å²) < 4.78 is 29.7. The van der Waals surface area contributed by atoms with Crippen LogP contribution in [0.25, 0.3) is 134 Å². The molecule has 0 saturated heterocycles. The largest absolute Gasteiger partial charge is 0.309 e. The molecule has 0 aliphatic rings. The Morgan fingerprint density at radius 2 is 0.417 bits per heavy atom. The van der Waals surface area contributed by atoms with Gasteiger partial charge in [-0.25, -0.2) is 19.9 Å². The summed E-state index contributed by atoms with van der Waals surface area (Å²) >= 11 is 0. The van der Waals surface area contributed by atoms with Gasteiger partial charge >= 0.3 is 0 Å². The van der Waals surface area contributed by atoms with E-state index >= 15 is 0 Å². The van der Waals surface area contributed by atoms with Crippen LogP contribution in [0, 0.1) is 0 Å². The van der Waals surface area contributed by atoms with E-state index in [-0.39, 0.29) is 0 Å². The van der Waals surface area contributed by atoms with Gasteiger partial charge in [-0.15, -0.1) is 0 Å². The molecule has 108 heavy (non-hydrogen) atoms. The van der Waals surface area contributed by atoms with Gasteiger partial charge in [0, 0.05) is 65.2 Å². The minimum absolute atomic E-state index is 0.694. The third kappa shape index (κ3) is 14.0. The highest BCUT2D eigenvalue weighted by Gasteiger charge is 2.31. The second kappa shape index (κ2) is 30.4. The van der Waals surface area contributed by atoms with Crippen LogP contribution in [0.1, 0.15) is 0 Å². The SMILES string of the molecule is O=P(c1ccccc1)(c1ccccc1)c1ccc(-c2ccc3cc(-c4ccc(-c5nc(-c6ccccc6)cc(-c6ccccc6)n5)cc4)ccc3c2)cc1.O=P(c1ccccc1)(c1ccccc1)c1ccc(-c2cccc3cc(-c4ccc(-c5nc(-c6ccccc6)cc(-c6ccccc6)n5)cc4)ccc23)cc1. The number of rotatable bonds is 16. The maximum atomic E-state index is 14.9. The van der Waals surface area contributed by atoms with Gasteiger partial charge in [-0.1, -0.05) is 394 Å². The smallest absolute Gasteiger partial charge is 0.171 e. The zero-order valence-electron chi connectivity index (χ0n) is 58.9. The molecular formula is C100H70N4O2P2. The van der Waals surface area contributed by atoms with E-state index in [2.05, 4.69) is 206 Å². The lowest BCUT2D eigenvalue weighted by molar-refractivity contribution is 0.591. The molecule has 0 saturated carbocycles. The molecule has 2 heterocycles. The first kappa shape index (κ1) is 67.8. The van der Waals surface area contributed by atoms with Crippen LogP contribution in [0.4, 0.5) is 0 Å². The standard InChI is InChI=1S/2C50H35N2OP/c53-54(43-19-9-3-10-20-43,44-21-11-4-12-22-44)45-31-28-37(29-32-45)46-23-13-18-42-34-41(30-33-47(42)46)36-24-26-40(27-25-36)50-51-48(38-14-5-1-6-15-38)35-49(52-50)39-16-7-2-8-17-39;53-54(45-17-9-3-10-18-45,46-19-11-4-12-20-46)47-31-29-37(30-32-47)42-26-28-43-33-41(25-27-44(43)34-42)36-21-23-40(24-22-36)50-51-48(38-13-5-1-6-14-38)35-49(52-50)39-15-7-2-8-16-39/h2*1-35H. The van der Waals surface area contributed by atoms with Crippen molar-refractivity contribution < 1.29 is 9.13 Å². The fraction of sp³-hybridized carbons (Fsp3) is 0. The second-order valence-corrected chi connectivity index (χ2v) is 32.3. The summed E-state index contributed by atoms with van der Waals surface area (Å²) in [5.74, 6) is 1.39. The summed E-state index contributed by atoms with van der Waals surface area (Å²) in [6.45, 7) is 0. The molecule has 0 amide bonds. The van der Waals surface area contributed by atoms with Crippen molar-refractivity contribution in [2.24, 2.45) is 0 Å². The normalized spacial score (nSPS) is 11.4. The molecule has 0 bridgehead atoms. The topological polar surface area (TPSA) is 85.7 Å². The van der Waals surface area contributed by atoms with Gasteiger partial charge in [0.15, 0.2) is 25.9 Å². The monoisotopic (exact) mass is 1420 g/mol. The molecule has 0 spiro atoms. The average molecular weight is 1420 g/mol. The van der Waals surface area contributed by atoms with Crippen LogP contribution in [0.5, 0.6) is 0 Å². The minimum atomic E-state index is -3.04. The highest BCUT2D eigenvalue weighted by atomic mass is 31.2. The zero-order chi connectivity index (χ0) is 72.6. The van der Waals surface area contributed by atoms with Crippen LogP contribution in [0.3, 0.4) is 0 Å². The molecule has 0 aliphatic carbocycles. The maximum absolute atomic E-state index is 14.9. The molecule has 0 atom stereocenters. The molecule has 512 valence electrons. The lowest BCUT2D eigenvalue weighted by Crippen LogP contribution is -2.24. The van der Waals surface area contributed by atoms with Crippen molar-refractivity contribution >= 4 is 67.7 Å². The first-order valence-corrected chi connectivity index (χ1v) is 39.6. The van der Waals surface area contributed by atoms with Crippen LogP contribution in [-0.4, -0.2) is 19.9 Å². The molecule has 18 aromatic rings. The highest BCUT2D eigenvalue weighted by molar-refractivity contribution is 7.85. The van der Waals surface area contributed by atoms with Gasteiger partial charge in [0.25, 0.3) is 0 Å². The van der Waals surface area contributed by atoms with E-state index in [0.29, 0.717) is 11.6 Å². The van der Waals surface area contributed by atoms with Crippen LogP contribution in [-0.2, 0) is 9.13 Å². The Kier molecular flexibility index (Phi) is 19.1. The first-order chi connectivity index (χ1) is 53.2. The van der Waals surface area contributed by atoms with E-state index in [1.807, 2.05) is 218 Å². The summed E-state index contributed by atoms with van der Waals surface area (Å²) in [6.07, 6.45) is 0. The molecule has 0 unspecified atom stereocenters. The molecule has 0 aliphatic heterocycles. The van der Waals surface area contributed by atoms with Gasteiger partial charge in [0.1, 0.15) is 0 Å². The number of hydrogen-bond acceptors (Lipinski definition) is 6. The van der Waals surface area contributed by atoms with Crippen molar-refractivity contribution in [3.8, 4) is 112 Å². The Bertz CT molecular complexity index is 6080. The summed E-state index contributed by atoms with van der Waals surface area (Å²) in [6, 6.07) is 144. The molecule has 2 aromatic heterocycles. The molecule has 16 aromatic carbocycles. The van der Waals surface area contributed by atoms with Crippen LogP contribution >= 0.6 is 14.3 Å². The molecule has 0 N–H and O–H groups in total. The van der Waals surface area contributed by atoms with Crippen molar-refractivity contribution in [1.29, 1.82) is 0 Å². The van der Waals surface area contributed by atoms with Crippen molar-refractivity contribution in [1.82, 2.24) is 19.9 Å². The molecule has 18 rings (SSSR count). The Labute approximate surface area is 629 Å². The van der Waals surface area contributed by atoms with Gasteiger partial charge < -0.3 is 9.13 Å². The van der Waals surface area contributed by atoms with Crippen molar-refractivity contribution in [3.63, 3.8) is 0 Å². The second-order valence-electron chi connectivity index (χ2n) is 26.7. The number of aromatic nitrogens is 4. The first-order valence-electron chi connectivity index (χ1n) is 36.2. The van der Waals surface area contributed by atoms with Gasteiger partial charge in [0.05, 0.1) is 22.8 Å². The van der Waals surface area contributed by atoms with Crippen molar-refractivity contribution in [2.75, 3.05) is 0 Å². The van der Waals surface area contributed by atoms with Gasteiger partial charge in [0.2, 0.25) is 0 Å². The third-order valence-electron chi connectivity index (χ3n) is 20.0. The lowest BCUT2D eigenvalue weighted by Gasteiger charge is -2.20. The summed E-state index contributed by atoms with van der Waals surface area (Å²) in [4.78, 5) is 20.0. The van der Waals surface area contributed by atoms with Gasteiger partial charge in [-0.2, -0.15) is 0 Å². The number of benzene rings is 16. The number of hydrogen-bond donors (Lipinski definition) is 0. The molecule has 8 heteroatoms. The quantitative estimate of drug-likeness (QED) is 0.0896. The summed E-state index contributed by atoms with van der Waals surface area (Å²) in [5, 5.41) is 9.64. The fourth-order valence-corrected chi connectivity index (χ4v) is 19.6. The Morgan fingerprint density at radius 1 is 0.167 bits per heavy atom. The number of nitrogens with zero attached hydrogens (tertiary/aromatic N) is 4. The van der Waals surface area contributed by atoms with E-state index in [1.54, 1.807) is 0 Å². The van der Waals surface area contributed by atoms with E-state index < -0.39 is 14.3 Å². The molecule has 6 nitrogen and oxygen atoms in total. The summed E-state index contributed by atoms with van der Waals surface area (Å²) in [5.41, 5.74) is 18.7. The minimum Gasteiger partial charge on any atom is -0.309 e. The third-order valence-corrected chi connectivity index (χ3v) is 26.1. The lowest BCUT2D eigenvalue weighted by atomic mass is 9.95. The number of fused-ring (bicyclic) bond motifs is 2. The predicted molar refractivity (Wildman–Crippen MR) is 452 cm³/mol. The van der Waals surface area contributed by atoms with E-state index in [9.17, 15) is 9.13 Å². The van der Waals surface area contributed by atoms with Crippen molar-refractivity contribution in [2.45, 2.75) is 0 Å². The zero-order valence-corrected chi connectivity index (χ0v) is 60.7. The van der Waals surface area contributed by atoms with Crippen LogP contribution < -0.4 is 31.8 Å². The van der Waals surface area contributed by atoms with Crippen molar-refractivity contribution in [3.05, 3.63) is 425 Å². The van der Waals surface area contributed by atoms with Gasteiger partial charge in [-0.3, -0.25) is 0 Å². The van der Waals surface area contributed by atoms with E-state index in [0.717, 1.165) is 143 Å². The van der Waals surface area contributed by atoms with Crippen LogP contribution in [0.15, 0.2) is 425 Å². The highest BCUT2D eigenvalue weighted by Crippen LogP contribution is 2.45. The molecule has 0 fully saturated rings.